The molecule has 0 amide bonds. The Bertz CT molecular complexity index is 528. The van der Waals surface area contributed by atoms with Gasteiger partial charge in [-0.25, -0.2) is 0 Å². The molecule has 2 nitrogen and oxygen atoms in total. The maximum Gasteiger partial charge on any atom is 0.0670 e. The lowest BCUT2D eigenvalue weighted by Crippen LogP contribution is -2.52. The third kappa shape index (κ3) is 2.44. The average Bonchev–Trinajstić information content (AvgIpc) is 3.03. The van der Waals surface area contributed by atoms with Gasteiger partial charge in [-0.3, -0.25) is 4.90 Å². The smallest absolute Gasteiger partial charge is 0.0670 e. The summed E-state index contributed by atoms with van der Waals surface area (Å²) in [6.45, 7) is 3.59. The van der Waals surface area contributed by atoms with Crippen molar-refractivity contribution in [2.75, 3.05) is 24.5 Å². The highest BCUT2D eigenvalue weighted by atomic mass is 15.3. The molecule has 2 unspecified atom stereocenters. The second-order valence-electron chi connectivity index (χ2n) is 6.21. The lowest BCUT2D eigenvalue weighted by atomic mass is 9.99. The van der Waals surface area contributed by atoms with Crippen LogP contribution in [-0.4, -0.2) is 30.6 Å². The maximum atomic E-state index is 2.69. The molecule has 2 fully saturated rings. The van der Waals surface area contributed by atoms with Crippen molar-refractivity contribution in [3.63, 3.8) is 0 Å². The normalized spacial score (nSPS) is 25.8. The van der Waals surface area contributed by atoms with Crippen LogP contribution in [0.4, 0.5) is 5.69 Å². The molecule has 21 heavy (non-hydrogen) atoms. The number of anilines is 1. The second-order valence-corrected chi connectivity index (χ2v) is 6.21. The summed E-state index contributed by atoms with van der Waals surface area (Å²) in [6, 6.07) is 23.1. The van der Waals surface area contributed by atoms with Gasteiger partial charge >= 0.3 is 0 Å². The van der Waals surface area contributed by atoms with E-state index in [2.05, 4.69) is 70.5 Å². The fraction of sp³-hybridized carbons (Fsp3) is 0.368. The Labute approximate surface area is 127 Å². The van der Waals surface area contributed by atoms with Crippen LogP contribution in [0.5, 0.6) is 0 Å². The van der Waals surface area contributed by atoms with E-state index in [4.69, 9.17) is 0 Å². The summed E-state index contributed by atoms with van der Waals surface area (Å²) in [5, 5.41) is 0. The average molecular weight is 278 g/mol. The van der Waals surface area contributed by atoms with E-state index in [1.165, 1.54) is 30.6 Å². The molecule has 0 spiro atoms. The van der Waals surface area contributed by atoms with Crippen molar-refractivity contribution in [3.05, 3.63) is 66.2 Å². The van der Waals surface area contributed by atoms with Crippen molar-refractivity contribution >= 4 is 5.69 Å². The Balaban J connectivity index is 1.70. The van der Waals surface area contributed by atoms with Crippen LogP contribution in [0.3, 0.4) is 0 Å². The van der Waals surface area contributed by atoms with E-state index in [1.807, 2.05) is 0 Å². The summed E-state index contributed by atoms with van der Waals surface area (Å²) in [7, 11) is 0. The van der Waals surface area contributed by atoms with Crippen molar-refractivity contribution in [2.24, 2.45) is 0 Å². The first-order valence-corrected chi connectivity index (χ1v) is 8.02. The van der Waals surface area contributed by atoms with Gasteiger partial charge in [-0.1, -0.05) is 48.5 Å². The molecule has 4 rings (SSSR count). The number of rotatable bonds is 2. The van der Waals surface area contributed by atoms with Gasteiger partial charge in [0.1, 0.15) is 0 Å². The first-order valence-electron chi connectivity index (χ1n) is 8.02. The van der Waals surface area contributed by atoms with Crippen LogP contribution in [0.15, 0.2) is 60.7 Å². The van der Waals surface area contributed by atoms with E-state index >= 15 is 0 Å². The van der Waals surface area contributed by atoms with Crippen LogP contribution >= 0.6 is 0 Å². The molecule has 2 atom stereocenters. The number of para-hydroxylation sites is 1. The predicted molar refractivity (Wildman–Crippen MR) is 87.6 cm³/mol. The van der Waals surface area contributed by atoms with E-state index in [1.54, 1.807) is 0 Å². The first-order chi connectivity index (χ1) is 10.4. The van der Waals surface area contributed by atoms with Gasteiger partial charge in [0.2, 0.25) is 0 Å². The number of fused-ring (bicyclic) bond motifs is 1. The third-order valence-corrected chi connectivity index (χ3v) is 4.96. The number of benzene rings is 2. The maximum absolute atomic E-state index is 2.69. The van der Waals surface area contributed by atoms with Gasteiger partial charge in [0.15, 0.2) is 0 Å². The quantitative estimate of drug-likeness (QED) is 0.826. The van der Waals surface area contributed by atoms with Gasteiger partial charge in [0.05, 0.1) is 6.04 Å². The van der Waals surface area contributed by atoms with Crippen molar-refractivity contribution in [1.29, 1.82) is 0 Å². The molecule has 2 aromatic rings. The first kappa shape index (κ1) is 12.9. The van der Waals surface area contributed by atoms with E-state index in [9.17, 15) is 0 Å². The van der Waals surface area contributed by atoms with Crippen molar-refractivity contribution < 1.29 is 0 Å². The van der Waals surface area contributed by atoms with Crippen molar-refractivity contribution in [1.82, 2.24) is 4.90 Å². The van der Waals surface area contributed by atoms with E-state index in [0.717, 1.165) is 19.1 Å². The summed E-state index contributed by atoms with van der Waals surface area (Å²) >= 11 is 0. The van der Waals surface area contributed by atoms with Crippen LogP contribution in [-0.2, 0) is 0 Å². The Morgan fingerprint density at radius 3 is 2.29 bits per heavy atom. The summed E-state index contributed by atoms with van der Waals surface area (Å²) in [5.74, 6) is 0. The predicted octanol–water partition coefficient (Wildman–Crippen LogP) is 3.71. The lowest BCUT2D eigenvalue weighted by molar-refractivity contribution is 0.197. The molecule has 0 saturated carbocycles. The van der Waals surface area contributed by atoms with Crippen LogP contribution in [0.25, 0.3) is 0 Å². The van der Waals surface area contributed by atoms with Crippen molar-refractivity contribution in [2.45, 2.75) is 24.9 Å². The molecule has 0 N–H and O–H groups in total. The molecule has 0 aliphatic carbocycles. The summed E-state index contributed by atoms with van der Waals surface area (Å²) in [4.78, 5) is 5.30. The molecule has 2 aliphatic rings. The SMILES string of the molecule is c1ccc(C2CN3CCCC3CN2c2ccccc2)cc1. The van der Waals surface area contributed by atoms with Crippen LogP contribution in [0.1, 0.15) is 24.4 Å². The lowest BCUT2D eigenvalue weighted by Gasteiger charge is -2.45. The molecule has 108 valence electrons. The van der Waals surface area contributed by atoms with Gasteiger partial charge in [-0.05, 0) is 37.1 Å². The zero-order chi connectivity index (χ0) is 14.1. The number of hydrogen-bond donors (Lipinski definition) is 0. The minimum Gasteiger partial charge on any atom is -0.362 e. The number of hydrogen-bond acceptors (Lipinski definition) is 2. The Morgan fingerprint density at radius 2 is 1.52 bits per heavy atom. The Hall–Kier alpha value is -1.80. The van der Waals surface area contributed by atoms with E-state index in [-0.39, 0.29) is 0 Å². The Morgan fingerprint density at radius 1 is 0.810 bits per heavy atom. The summed E-state index contributed by atoms with van der Waals surface area (Å²) in [6.07, 6.45) is 2.71. The standard InChI is InChI=1S/C19H22N2/c1-3-8-16(9-4-1)19-15-20-13-7-12-18(20)14-21(19)17-10-5-2-6-11-17/h1-6,8-11,18-19H,7,12-15H2. The highest BCUT2D eigenvalue weighted by molar-refractivity contribution is 5.50. The zero-order valence-electron chi connectivity index (χ0n) is 12.4. The molecule has 2 heteroatoms. The molecule has 2 saturated heterocycles. The molecule has 0 bridgehead atoms. The fourth-order valence-electron chi connectivity index (χ4n) is 3.88. The molecule has 0 radical (unpaired) electrons. The number of piperazine rings is 1. The van der Waals surface area contributed by atoms with Crippen molar-refractivity contribution in [3.8, 4) is 0 Å². The van der Waals surface area contributed by atoms with E-state index < -0.39 is 0 Å². The highest BCUT2D eigenvalue weighted by Gasteiger charge is 2.36. The highest BCUT2D eigenvalue weighted by Crippen LogP contribution is 2.35. The van der Waals surface area contributed by atoms with Gasteiger partial charge in [0.25, 0.3) is 0 Å². The molecule has 0 aromatic heterocycles. The summed E-state index contributed by atoms with van der Waals surface area (Å²) in [5.41, 5.74) is 2.80. The monoisotopic (exact) mass is 278 g/mol. The van der Waals surface area contributed by atoms with Gasteiger partial charge in [-0.15, -0.1) is 0 Å². The molecular formula is C19H22N2. The van der Waals surface area contributed by atoms with Crippen LogP contribution in [0.2, 0.25) is 0 Å². The minimum atomic E-state index is 0.475. The van der Waals surface area contributed by atoms with Gasteiger partial charge in [0, 0.05) is 24.8 Å². The topological polar surface area (TPSA) is 6.48 Å². The van der Waals surface area contributed by atoms with Crippen LogP contribution in [0, 0.1) is 0 Å². The molecule has 2 aliphatic heterocycles. The molecular weight excluding hydrogens is 256 g/mol. The summed E-state index contributed by atoms with van der Waals surface area (Å²) < 4.78 is 0. The second kappa shape index (κ2) is 5.53. The molecule has 2 heterocycles. The minimum absolute atomic E-state index is 0.475. The largest absolute Gasteiger partial charge is 0.362 e. The Kier molecular flexibility index (Phi) is 3.40. The third-order valence-electron chi connectivity index (χ3n) is 4.96. The van der Waals surface area contributed by atoms with Gasteiger partial charge in [-0.2, -0.15) is 0 Å². The fourth-order valence-corrected chi connectivity index (χ4v) is 3.88. The molecule has 2 aromatic carbocycles. The number of nitrogens with zero attached hydrogens (tertiary/aromatic N) is 2. The van der Waals surface area contributed by atoms with Gasteiger partial charge < -0.3 is 4.90 Å². The van der Waals surface area contributed by atoms with E-state index in [0.29, 0.717) is 6.04 Å². The zero-order valence-corrected chi connectivity index (χ0v) is 12.4. The van der Waals surface area contributed by atoms with Crippen LogP contribution < -0.4 is 4.90 Å².